The molecule has 206 valence electrons. The van der Waals surface area contributed by atoms with Crippen molar-refractivity contribution in [3.05, 3.63) is 11.6 Å². The minimum absolute atomic E-state index is 0.0223. The fourth-order valence-electron chi connectivity index (χ4n) is 9.80. The molecule has 8 nitrogen and oxygen atoms in total. The third-order valence-corrected chi connectivity index (χ3v) is 12.2. The highest BCUT2D eigenvalue weighted by molar-refractivity contribution is 5.85. The molecule has 0 radical (unpaired) electrons. The highest BCUT2D eigenvalue weighted by Gasteiger charge is 2.70. The van der Waals surface area contributed by atoms with Crippen LogP contribution in [0.1, 0.15) is 65.2 Å². The van der Waals surface area contributed by atoms with Gasteiger partial charge in [0.25, 0.3) is 0 Å². The fourth-order valence-corrected chi connectivity index (χ4v) is 9.80. The zero-order chi connectivity index (χ0) is 26.2. The van der Waals surface area contributed by atoms with E-state index in [1.54, 1.807) is 6.08 Å². The van der Waals surface area contributed by atoms with Gasteiger partial charge in [0.05, 0.1) is 11.7 Å². The van der Waals surface area contributed by atoms with E-state index in [-0.39, 0.29) is 47.8 Å². The Morgan fingerprint density at radius 3 is 2.51 bits per heavy atom. The standard InChI is InChI=1S/C29H45N3O5/c1-27-8-6-20(30-26(35)32-12-10-31(3)11-13-32)15-19(27)4-5-22-23(27)16-24(33)28(2)21(7-9-29(22,28)36)18-14-25(34)37-17-18/h14,19-24,33,36H,4-13,15-17H2,1-3H3,(H,30,35)/t19-,20+,21-,22-,23+,24-,27+,28+,29+/m1/s1. The van der Waals surface area contributed by atoms with Gasteiger partial charge in [-0.25, -0.2) is 9.59 Å². The van der Waals surface area contributed by atoms with E-state index in [9.17, 15) is 19.8 Å². The van der Waals surface area contributed by atoms with Crippen LogP contribution in [0.4, 0.5) is 4.79 Å². The first-order valence-electron chi connectivity index (χ1n) is 14.6. The van der Waals surface area contributed by atoms with Gasteiger partial charge in [-0.1, -0.05) is 13.8 Å². The van der Waals surface area contributed by atoms with Crippen LogP contribution in [0.2, 0.25) is 0 Å². The summed E-state index contributed by atoms with van der Waals surface area (Å²) in [5.74, 6) is 0.582. The van der Waals surface area contributed by atoms with Gasteiger partial charge in [-0.2, -0.15) is 0 Å². The van der Waals surface area contributed by atoms with E-state index < -0.39 is 17.1 Å². The highest BCUT2D eigenvalue weighted by Crippen LogP contribution is 2.69. The predicted octanol–water partition coefficient (Wildman–Crippen LogP) is 2.54. The van der Waals surface area contributed by atoms with Crippen LogP contribution in [0, 0.1) is 34.5 Å². The molecule has 0 bridgehead atoms. The van der Waals surface area contributed by atoms with E-state index >= 15 is 0 Å². The van der Waals surface area contributed by atoms with Crippen LogP contribution in [0.3, 0.4) is 0 Å². The van der Waals surface area contributed by atoms with E-state index in [1.165, 1.54) is 0 Å². The van der Waals surface area contributed by atoms with E-state index in [2.05, 4.69) is 31.1 Å². The number of amides is 2. The minimum Gasteiger partial charge on any atom is -0.458 e. The van der Waals surface area contributed by atoms with Gasteiger partial charge < -0.3 is 30.1 Å². The Bertz CT molecular complexity index is 979. The van der Waals surface area contributed by atoms with E-state index in [4.69, 9.17) is 4.74 Å². The topological polar surface area (TPSA) is 102 Å². The summed E-state index contributed by atoms with van der Waals surface area (Å²) in [6, 6.07) is 0.278. The van der Waals surface area contributed by atoms with Crippen molar-refractivity contribution >= 4 is 12.0 Å². The summed E-state index contributed by atoms with van der Waals surface area (Å²) in [7, 11) is 2.10. The number of carbonyl (C=O) groups is 2. The molecule has 2 aliphatic heterocycles. The number of hydrogen-bond acceptors (Lipinski definition) is 6. The monoisotopic (exact) mass is 515 g/mol. The fraction of sp³-hybridized carbons (Fsp3) is 0.862. The third-order valence-electron chi connectivity index (χ3n) is 12.2. The largest absolute Gasteiger partial charge is 0.458 e. The SMILES string of the molecule is CN1CCN(C(=O)N[C@H]2CC[C@@]3(C)[C@H](CC[C@@H]4[C@@H]3C[C@@H](O)[C@]3(C)[C@@H](C5=CC(=O)OC5)CC[C@]43O)C2)CC1. The third kappa shape index (κ3) is 3.80. The van der Waals surface area contributed by atoms with Crippen molar-refractivity contribution in [3.8, 4) is 0 Å². The van der Waals surface area contributed by atoms with Gasteiger partial charge in [-0.15, -0.1) is 0 Å². The lowest BCUT2D eigenvalue weighted by atomic mass is 9.42. The Kier molecular flexibility index (Phi) is 6.20. The zero-order valence-corrected chi connectivity index (χ0v) is 22.7. The number of likely N-dealkylation sites (N-methyl/N-ethyl adjacent to an activating group) is 1. The van der Waals surface area contributed by atoms with Crippen molar-refractivity contribution in [2.75, 3.05) is 39.8 Å². The second-order valence-electron chi connectivity index (χ2n) is 13.6. The molecule has 4 aliphatic carbocycles. The summed E-state index contributed by atoms with van der Waals surface area (Å²) < 4.78 is 5.22. The maximum Gasteiger partial charge on any atom is 0.331 e. The number of esters is 1. The summed E-state index contributed by atoms with van der Waals surface area (Å²) in [5, 5.41) is 27.4. The molecule has 1 saturated heterocycles. The van der Waals surface area contributed by atoms with Gasteiger partial charge in [-0.05, 0) is 93.1 Å². The lowest BCUT2D eigenvalue weighted by Crippen LogP contribution is -2.67. The molecular weight excluding hydrogens is 470 g/mol. The van der Waals surface area contributed by atoms with Crippen molar-refractivity contribution < 1.29 is 24.5 Å². The summed E-state index contributed by atoms with van der Waals surface area (Å²) in [6.45, 7) is 8.16. The van der Waals surface area contributed by atoms with Gasteiger partial charge in [0.2, 0.25) is 0 Å². The number of nitrogens with one attached hydrogen (secondary N) is 1. The average molecular weight is 516 g/mol. The Morgan fingerprint density at radius 1 is 1.05 bits per heavy atom. The first-order valence-corrected chi connectivity index (χ1v) is 14.6. The maximum atomic E-state index is 12.9. The van der Waals surface area contributed by atoms with Crippen molar-refractivity contribution in [1.82, 2.24) is 15.1 Å². The number of rotatable bonds is 2. The number of nitrogens with zero attached hydrogens (tertiary/aromatic N) is 2. The lowest BCUT2D eigenvalue weighted by molar-refractivity contribution is -0.242. The van der Waals surface area contributed by atoms with Crippen LogP contribution in [-0.2, 0) is 9.53 Å². The van der Waals surface area contributed by atoms with Crippen molar-refractivity contribution in [3.63, 3.8) is 0 Å². The van der Waals surface area contributed by atoms with Gasteiger partial charge in [0.15, 0.2) is 0 Å². The number of ether oxygens (including phenoxy) is 1. The molecule has 3 N–H and O–H groups in total. The van der Waals surface area contributed by atoms with Crippen LogP contribution < -0.4 is 5.32 Å². The summed E-state index contributed by atoms with van der Waals surface area (Å²) in [6.07, 6.45) is 8.11. The summed E-state index contributed by atoms with van der Waals surface area (Å²) >= 11 is 0. The molecule has 0 aromatic carbocycles. The molecule has 5 fully saturated rings. The number of aliphatic hydroxyl groups excluding tert-OH is 1. The number of aliphatic hydroxyl groups is 2. The Labute approximate surface area is 220 Å². The maximum absolute atomic E-state index is 12.9. The second kappa shape index (κ2) is 8.95. The molecular formula is C29H45N3O5. The summed E-state index contributed by atoms with van der Waals surface area (Å²) in [4.78, 5) is 29.0. The predicted molar refractivity (Wildman–Crippen MR) is 138 cm³/mol. The van der Waals surface area contributed by atoms with E-state index in [0.717, 1.165) is 70.3 Å². The van der Waals surface area contributed by atoms with Crippen molar-refractivity contribution in [2.24, 2.45) is 34.5 Å². The molecule has 9 atom stereocenters. The van der Waals surface area contributed by atoms with Crippen LogP contribution >= 0.6 is 0 Å². The smallest absolute Gasteiger partial charge is 0.331 e. The number of fused-ring (bicyclic) bond motifs is 5. The number of urea groups is 1. The number of cyclic esters (lactones) is 1. The number of piperazine rings is 1. The summed E-state index contributed by atoms with van der Waals surface area (Å²) in [5.41, 5.74) is -0.602. The normalized spacial score (nSPS) is 48.0. The molecule has 0 aromatic heterocycles. The molecule has 8 heteroatoms. The molecule has 0 unspecified atom stereocenters. The molecule has 2 heterocycles. The van der Waals surface area contributed by atoms with Gasteiger partial charge >= 0.3 is 12.0 Å². The van der Waals surface area contributed by atoms with Crippen molar-refractivity contribution in [1.29, 1.82) is 0 Å². The first-order chi connectivity index (χ1) is 17.6. The Morgan fingerprint density at radius 2 is 1.81 bits per heavy atom. The van der Waals surface area contributed by atoms with Crippen LogP contribution in [0.5, 0.6) is 0 Å². The zero-order valence-electron chi connectivity index (χ0n) is 22.7. The molecule has 6 aliphatic rings. The highest BCUT2D eigenvalue weighted by atomic mass is 16.5. The molecule has 6 rings (SSSR count). The number of carbonyl (C=O) groups excluding carboxylic acids is 2. The van der Waals surface area contributed by atoms with E-state index in [0.29, 0.717) is 18.8 Å². The molecule has 37 heavy (non-hydrogen) atoms. The molecule has 0 aromatic rings. The number of hydrogen-bond donors (Lipinski definition) is 3. The molecule has 4 saturated carbocycles. The van der Waals surface area contributed by atoms with Crippen molar-refractivity contribution in [2.45, 2.75) is 83.0 Å². The van der Waals surface area contributed by atoms with Gasteiger partial charge in [0.1, 0.15) is 6.61 Å². The van der Waals surface area contributed by atoms with Gasteiger partial charge in [0, 0.05) is 43.7 Å². The first kappa shape index (κ1) is 25.6. The average Bonchev–Trinajstić information content (AvgIpc) is 3.41. The van der Waals surface area contributed by atoms with E-state index in [1.807, 2.05) is 4.90 Å². The second-order valence-corrected chi connectivity index (χ2v) is 13.6. The Hall–Kier alpha value is -1.64. The van der Waals surface area contributed by atoms with Crippen LogP contribution in [0.25, 0.3) is 0 Å². The minimum atomic E-state index is -0.938. The molecule has 2 amide bonds. The Balaban J connectivity index is 1.17. The van der Waals surface area contributed by atoms with Crippen LogP contribution in [-0.4, -0.2) is 89.6 Å². The van der Waals surface area contributed by atoms with Gasteiger partial charge in [-0.3, -0.25) is 0 Å². The quantitative estimate of drug-likeness (QED) is 0.489. The molecule has 0 spiro atoms. The van der Waals surface area contributed by atoms with Crippen LogP contribution in [0.15, 0.2) is 11.6 Å². The lowest BCUT2D eigenvalue weighted by Gasteiger charge is -2.65.